The van der Waals surface area contributed by atoms with E-state index in [1.807, 2.05) is 12.2 Å². The quantitative estimate of drug-likeness (QED) is 0.557. The van der Waals surface area contributed by atoms with Gasteiger partial charge in [-0.25, -0.2) is 0 Å². The molecule has 0 heterocycles. The second-order valence-electron chi connectivity index (χ2n) is 5.29. The van der Waals surface area contributed by atoms with Crippen molar-refractivity contribution in [1.82, 2.24) is 0 Å². The van der Waals surface area contributed by atoms with Crippen molar-refractivity contribution in [3.63, 3.8) is 0 Å². The minimum Gasteiger partial charge on any atom is -0.298 e. The van der Waals surface area contributed by atoms with Gasteiger partial charge in [-0.15, -0.1) is 0 Å². The first-order valence-electron chi connectivity index (χ1n) is 5.69. The van der Waals surface area contributed by atoms with E-state index < -0.39 is 5.41 Å². The molecule has 4 aliphatic carbocycles. The lowest BCUT2D eigenvalue weighted by atomic mass is 9.63. The van der Waals surface area contributed by atoms with Gasteiger partial charge in [-0.3, -0.25) is 9.59 Å². The largest absolute Gasteiger partial charge is 0.298 e. The van der Waals surface area contributed by atoms with E-state index in [0.29, 0.717) is 5.78 Å². The second-order valence-corrected chi connectivity index (χ2v) is 5.29. The molecule has 2 fully saturated rings. The standard InChI is InChI=1S/C13H12O2/c14-10-3-2-9-8-4-7-12(11(8)15)5-1-6-13(9,10)12/h2-4,7-9H,1,5-6H2/t8-,9+,12-,13-/m1/s1. The first-order valence-corrected chi connectivity index (χ1v) is 5.69. The summed E-state index contributed by atoms with van der Waals surface area (Å²) < 4.78 is 0. The molecule has 4 rings (SSSR count). The van der Waals surface area contributed by atoms with Crippen LogP contribution in [-0.4, -0.2) is 11.6 Å². The normalized spacial score (nSPS) is 54.1. The highest BCUT2D eigenvalue weighted by molar-refractivity contribution is 6.10. The first-order chi connectivity index (χ1) is 7.22. The summed E-state index contributed by atoms with van der Waals surface area (Å²) in [4.78, 5) is 24.4. The fourth-order valence-electron chi connectivity index (χ4n) is 4.59. The van der Waals surface area contributed by atoms with Crippen LogP contribution < -0.4 is 0 Å². The molecule has 0 saturated heterocycles. The van der Waals surface area contributed by atoms with E-state index in [9.17, 15) is 9.59 Å². The molecule has 2 saturated carbocycles. The van der Waals surface area contributed by atoms with E-state index in [2.05, 4.69) is 6.08 Å². The Bertz CT molecular complexity index is 459. The van der Waals surface area contributed by atoms with Gasteiger partial charge >= 0.3 is 0 Å². The summed E-state index contributed by atoms with van der Waals surface area (Å²) in [6, 6.07) is 0. The molecule has 2 heteroatoms. The number of allylic oxidation sites excluding steroid dienone is 4. The Labute approximate surface area is 88.0 Å². The fraction of sp³-hybridized carbons (Fsp3) is 0.538. The maximum absolute atomic E-state index is 12.3. The molecule has 0 aromatic heterocycles. The van der Waals surface area contributed by atoms with Crippen molar-refractivity contribution in [2.24, 2.45) is 22.7 Å². The average molecular weight is 200 g/mol. The maximum atomic E-state index is 12.3. The van der Waals surface area contributed by atoms with E-state index in [1.165, 1.54) is 0 Å². The van der Waals surface area contributed by atoms with Gasteiger partial charge in [0.05, 0.1) is 10.8 Å². The summed E-state index contributed by atoms with van der Waals surface area (Å²) in [6.45, 7) is 0. The molecule has 0 aromatic rings. The number of fused-ring (bicyclic) bond motifs is 2. The third-order valence-corrected chi connectivity index (χ3v) is 5.12. The van der Waals surface area contributed by atoms with Crippen molar-refractivity contribution < 1.29 is 9.59 Å². The van der Waals surface area contributed by atoms with Gasteiger partial charge in [-0.05, 0) is 18.9 Å². The second kappa shape index (κ2) is 2.01. The van der Waals surface area contributed by atoms with Crippen LogP contribution in [0, 0.1) is 22.7 Å². The van der Waals surface area contributed by atoms with Gasteiger partial charge in [-0.1, -0.05) is 24.6 Å². The Morgan fingerprint density at radius 1 is 1.20 bits per heavy atom. The van der Waals surface area contributed by atoms with Gasteiger partial charge in [0.1, 0.15) is 0 Å². The van der Waals surface area contributed by atoms with Crippen molar-refractivity contribution in [3.05, 3.63) is 24.3 Å². The molecule has 0 aliphatic heterocycles. The molecule has 4 aliphatic rings. The summed E-state index contributed by atoms with van der Waals surface area (Å²) in [7, 11) is 0. The summed E-state index contributed by atoms with van der Waals surface area (Å²) in [5.41, 5.74) is -0.744. The fourth-order valence-corrected chi connectivity index (χ4v) is 4.59. The lowest BCUT2D eigenvalue weighted by Crippen LogP contribution is -2.42. The van der Waals surface area contributed by atoms with E-state index >= 15 is 0 Å². The molecule has 0 unspecified atom stereocenters. The third kappa shape index (κ3) is 0.538. The molecular weight excluding hydrogens is 188 g/mol. The van der Waals surface area contributed by atoms with Gasteiger partial charge < -0.3 is 0 Å². The zero-order chi connectivity index (χ0) is 10.3. The molecular formula is C13H12O2. The van der Waals surface area contributed by atoms with Crippen LogP contribution in [0.1, 0.15) is 19.3 Å². The predicted molar refractivity (Wildman–Crippen MR) is 54.0 cm³/mol. The summed E-state index contributed by atoms with van der Waals surface area (Å²) in [5, 5.41) is 0. The monoisotopic (exact) mass is 200 g/mol. The lowest BCUT2D eigenvalue weighted by molar-refractivity contribution is -0.134. The third-order valence-electron chi connectivity index (χ3n) is 5.12. The number of rotatable bonds is 0. The molecule has 15 heavy (non-hydrogen) atoms. The zero-order valence-electron chi connectivity index (χ0n) is 8.40. The molecule has 2 spiro atoms. The maximum Gasteiger partial charge on any atom is 0.163 e. The predicted octanol–water partition coefficient (Wildman–Crippen LogP) is 1.67. The highest BCUT2D eigenvalue weighted by Crippen LogP contribution is 2.71. The van der Waals surface area contributed by atoms with Crippen molar-refractivity contribution in [2.45, 2.75) is 19.3 Å². The Kier molecular flexibility index (Phi) is 1.08. The van der Waals surface area contributed by atoms with Gasteiger partial charge in [0, 0.05) is 11.8 Å². The minimum absolute atomic E-state index is 0.00741. The number of hydrogen-bond donors (Lipinski definition) is 0. The van der Waals surface area contributed by atoms with Crippen LogP contribution in [0.25, 0.3) is 0 Å². The smallest absolute Gasteiger partial charge is 0.163 e. The number of Topliss-reactive ketones (excluding diaryl/α,β-unsaturated/α-hetero) is 1. The molecule has 0 amide bonds. The Morgan fingerprint density at radius 2 is 2.07 bits per heavy atom. The zero-order valence-corrected chi connectivity index (χ0v) is 8.40. The van der Waals surface area contributed by atoms with Gasteiger partial charge in [0.25, 0.3) is 0 Å². The van der Waals surface area contributed by atoms with Crippen LogP contribution in [0.5, 0.6) is 0 Å². The van der Waals surface area contributed by atoms with Crippen LogP contribution in [0.15, 0.2) is 24.3 Å². The van der Waals surface area contributed by atoms with E-state index in [0.717, 1.165) is 19.3 Å². The molecule has 4 atom stereocenters. The van der Waals surface area contributed by atoms with Gasteiger partial charge in [-0.2, -0.15) is 0 Å². The molecule has 2 bridgehead atoms. The Hall–Kier alpha value is -1.18. The minimum atomic E-state index is -0.400. The van der Waals surface area contributed by atoms with Crippen LogP contribution in [0.2, 0.25) is 0 Å². The lowest BCUT2D eigenvalue weighted by Gasteiger charge is -2.36. The highest BCUT2D eigenvalue weighted by Gasteiger charge is 2.74. The van der Waals surface area contributed by atoms with Crippen LogP contribution in [0.4, 0.5) is 0 Å². The topological polar surface area (TPSA) is 34.1 Å². The van der Waals surface area contributed by atoms with Crippen molar-refractivity contribution >= 4 is 11.6 Å². The van der Waals surface area contributed by atoms with Crippen molar-refractivity contribution in [2.75, 3.05) is 0 Å². The highest BCUT2D eigenvalue weighted by atomic mass is 16.1. The summed E-state index contributed by atoms with van der Waals surface area (Å²) in [5.74, 6) is 0.728. The molecule has 2 nitrogen and oxygen atoms in total. The molecule has 76 valence electrons. The average Bonchev–Trinajstić information content (AvgIpc) is 2.89. The molecule has 0 N–H and O–H groups in total. The molecule has 0 aromatic carbocycles. The van der Waals surface area contributed by atoms with Crippen LogP contribution >= 0.6 is 0 Å². The van der Waals surface area contributed by atoms with E-state index in [4.69, 9.17) is 0 Å². The number of ketones is 2. The number of carbonyl (C=O) groups excluding carboxylic acids is 2. The van der Waals surface area contributed by atoms with E-state index in [1.54, 1.807) is 6.08 Å². The summed E-state index contributed by atoms with van der Waals surface area (Å²) >= 11 is 0. The first kappa shape index (κ1) is 8.03. The Morgan fingerprint density at radius 3 is 2.93 bits per heavy atom. The van der Waals surface area contributed by atoms with Gasteiger partial charge in [0.2, 0.25) is 0 Å². The van der Waals surface area contributed by atoms with Crippen molar-refractivity contribution in [3.8, 4) is 0 Å². The Balaban J connectivity index is 2.06. The van der Waals surface area contributed by atoms with Crippen molar-refractivity contribution in [1.29, 1.82) is 0 Å². The number of hydrogen-bond acceptors (Lipinski definition) is 2. The SMILES string of the molecule is O=C1[C@@H]2C=C[C@]13CCC[C@@]31C(=O)C=C[C@@H]21. The van der Waals surface area contributed by atoms with Crippen LogP contribution in [-0.2, 0) is 9.59 Å². The summed E-state index contributed by atoms with van der Waals surface area (Å²) in [6.07, 6.45) is 10.6. The number of carbonyl (C=O) groups is 2. The van der Waals surface area contributed by atoms with E-state index in [-0.39, 0.29) is 23.0 Å². The van der Waals surface area contributed by atoms with Crippen LogP contribution in [0.3, 0.4) is 0 Å². The molecule has 0 radical (unpaired) electrons. The van der Waals surface area contributed by atoms with Gasteiger partial charge in [0.15, 0.2) is 11.6 Å².